The number of nitrogens with zero attached hydrogens (tertiary/aromatic N) is 6. The normalized spacial score (nSPS) is 10.4. The van der Waals surface area contributed by atoms with Gasteiger partial charge in [0.15, 0.2) is 11.4 Å². The smallest absolute Gasteiger partial charge is 0.277 e. The van der Waals surface area contributed by atoms with Gasteiger partial charge in [-0.1, -0.05) is 0 Å². The Morgan fingerprint density at radius 3 is 1.61 bits per heavy atom. The van der Waals surface area contributed by atoms with E-state index in [4.69, 9.17) is 0 Å². The Hall–Kier alpha value is -4.48. The van der Waals surface area contributed by atoms with Crippen molar-refractivity contribution in [3.8, 4) is 11.4 Å². The highest BCUT2D eigenvalue weighted by molar-refractivity contribution is 6.03. The Labute approximate surface area is 156 Å². The molecule has 0 atom stereocenters. The van der Waals surface area contributed by atoms with Gasteiger partial charge in [0.1, 0.15) is 0 Å². The van der Waals surface area contributed by atoms with E-state index in [9.17, 15) is 9.59 Å². The van der Waals surface area contributed by atoms with E-state index in [1.165, 1.54) is 24.8 Å². The van der Waals surface area contributed by atoms with Gasteiger partial charge in [0.05, 0.1) is 23.8 Å². The van der Waals surface area contributed by atoms with E-state index in [1.54, 1.807) is 24.3 Å². The van der Waals surface area contributed by atoms with Crippen molar-refractivity contribution in [3.05, 3.63) is 60.4 Å². The molecule has 4 aromatic heterocycles. The van der Waals surface area contributed by atoms with Crippen molar-refractivity contribution in [1.29, 1.82) is 0 Å². The lowest BCUT2D eigenvalue weighted by molar-refractivity contribution is 0.101. The minimum atomic E-state index is -0.410. The van der Waals surface area contributed by atoms with Crippen molar-refractivity contribution < 1.29 is 9.59 Å². The molecule has 4 N–H and O–H groups in total. The van der Waals surface area contributed by atoms with Gasteiger partial charge in [-0.05, 0) is 24.3 Å². The van der Waals surface area contributed by atoms with Crippen LogP contribution >= 0.6 is 0 Å². The molecule has 4 rings (SSSR count). The molecule has 138 valence electrons. The lowest BCUT2D eigenvalue weighted by atomic mass is 10.2. The van der Waals surface area contributed by atoms with Crippen molar-refractivity contribution in [2.75, 3.05) is 10.6 Å². The molecule has 0 radical (unpaired) electrons. The van der Waals surface area contributed by atoms with E-state index in [2.05, 4.69) is 51.4 Å². The molecule has 0 bridgehead atoms. The minimum Gasteiger partial charge on any atom is -0.320 e. The minimum absolute atomic E-state index is 0.161. The second-order valence-electron chi connectivity index (χ2n) is 5.48. The summed E-state index contributed by atoms with van der Waals surface area (Å²) in [4.78, 5) is 32.7. The van der Waals surface area contributed by atoms with E-state index < -0.39 is 11.8 Å². The summed E-state index contributed by atoms with van der Waals surface area (Å²) in [7, 11) is 0. The van der Waals surface area contributed by atoms with Crippen LogP contribution in [0.2, 0.25) is 0 Å². The average molecular weight is 376 g/mol. The molecule has 0 spiro atoms. The van der Waals surface area contributed by atoms with Crippen molar-refractivity contribution in [1.82, 2.24) is 40.8 Å². The maximum Gasteiger partial charge on any atom is 0.277 e. The summed E-state index contributed by atoms with van der Waals surface area (Å²) in [6.07, 6.45) is 5.71. The molecule has 28 heavy (non-hydrogen) atoms. The lowest BCUT2D eigenvalue weighted by Gasteiger charge is -2.07. The van der Waals surface area contributed by atoms with Crippen molar-refractivity contribution >= 4 is 23.2 Å². The van der Waals surface area contributed by atoms with Crippen LogP contribution in [0, 0.1) is 0 Å². The zero-order valence-corrected chi connectivity index (χ0v) is 14.1. The number of H-pyrrole nitrogens is 2. The summed E-state index contributed by atoms with van der Waals surface area (Å²) in [6.45, 7) is 0. The van der Waals surface area contributed by atoms with Gasteiger partial charge in [-0.15, -0.1) is 0 Å². The van der Waals surface area contributed by atoms with Crippen LogP contribution < -0.4 is 10.6 Å². The molecule has 12 nitrogen and oxygen atoms in total. The predicted molar refractivity (Wildman–Crippen MR) is 96.1 cm³/mol. The molecular weight excluding hydrogens is 364 g/mol. The number of carbonyl (C=O) groups excluding carboxylic acids is 2. The SMILES string of the molecule is O=C(Nc1ccnc(-c2cc(NC(=O)c3cn[nH]n3)ccn2)c1)c1cn[nH]n1. The first-order chi connectivity index (χ1) is 13.7. The number of pyridine rings is 2. The zero-order valence-electron chi connectivity index (χ0n) is 14.1. The first-order valence-electron chi connectivity index (χ1n) is 7.96. The van der Waals surface area contributed by atoms with E-state index >= 15 is 0 Å². The maximum atomic E-state index is 12.1. The van der Waals surface area contributed by atoms with E-state index in [0.29, 0.717) is 22.8 Å². The molecule has 12 heteroatoms. The number of nitrogens with one attached hydrogen (secondary N) is 4. The van der Waals surface area contributed by atoms with Crippen LogP contribution in [0.1, 0.15) is 21.0 Å². The standard InChI is InChI=1S/C16H12N10O2/c27-15(13-7-19-25-23-13)21-9-1-3-17-11(5-9)12-6-10(2-4-18-12)22-16(28)14-8-20-26-24-14/h1-8H,(H,17,21,27)(H,18,22,28)(H,19,23,25)(H,20,24,26). The Kier molecular flexibility index (Phi) is 4.49. The number of aromatic amines is 2. The summed E-state index contributed by atoms with van der Waals surface area (Å²) < 4.78 is 0. The number of anilines is 2. The van der Waals surface area contributed by atoms with Crippen LogP contribution in [0.3, 0.4) is 0 Å². The highest BCUT2D eigenvalue weighted by atomic mass is 16.2. The fourth-order valence-corrected chi connectivity index (χ4v) is 2.31. The average Bonchev–Trinajstić information content (AvgIpc) is 3.42. The molecule has 0 saturated heterocycles. The van der Waals surface area contributed by atoms with Gasteiger partial charge in [-0.3, -0.25) is 19.6 Å². The maximum absolute atomic E-state index is 12.1. The fourth-order valence-electron chi connectivity index (χ4n) is 2.31. The largest absolute Gasteiger partial charge is 0.320 e. The Morgan fingerprint density at radius 2 is 1.21 bits per heavy atom. The number of rotatable bonds is 5. The first-order valence-corrected chi connectivity index (χ1v) is 7.96. The Balaban J connectivity index is 1.53. The topological polar surface area (TPSA) is 167 Å². The van der Waals surface area contributed by atoms with Gasteiger partial charge in [0.2, 0.25) is 0 Å². The third-order valence-corrected chi connectivity index (χ3v) is 3.59. The molecule has 0 aliphatic heterocycles. The summed E-state index contributed by atoms with van der Waals surface area (Å²) >= 11 is 0. The summed E-state index contributed by atoms with van der Waals surface area (Å²) in [5.41, 5.74) is 2.36. The molecule has 0 unspecified atom stereocenters. The van der Waals surface area contributed by atoms with Gasteiger partial charge >= 0.3 is 0 Å². The van der Waals surface area contributed by atoms with Crippen LogP contribution in [0.25, 0.3) is 11.4 Å². The number of hydrogen-bond acceptors (Lipinski definition) is 8. The second kappa shape index (κ2) is 7.41. The molecule has 0 saturated carbocycles. The third-order valence-electron chi connectivity index (χ3n) is 3.59. The summed E-state index contributed by atoms with van der Waals surface area (Å²) in [6, 6.07) is 6.59. The van der Waals surface area contributed by atoms with Gasteiger partial charge < -0.3 is 10.6 Å². The number of hydrogen-bond donors (Lipinski definition) is 4. The van der Waals surface area contributed by atoms with Gasteiger partial charge in [-0.2, -0.15) is 30.8 Å². The van der Waals surface area contributed by atoms with E-state index in [0.717, 1.165) is 0 Å². The predicted octanol–water partition coefficient (Wildman–Crippen LogP) is 0.884. The highest BCUT2D eigenvalue weighted by Gasteiger charge is 2.12. The Bertz CT molecular complexity index is 1020. The molecule has 0 aliphatic carbocycles. The monoisotopic (exact) mass is 376 g/mol. The highest BCUT2D eigenvalue weighted by Crippen LogP contribution is 2.21. The van der Waals surface area contributed by atoms with Crippen LogP contribution in [-0.4, -0.2) is 52.6 Å². The lowest BCUT2D eigenvalue weighted by Crippen LogP contribution is -2.13. The second-order valence-corrected chi connectivity index (χ2v) is 5.48. The van der Waals surface area contributed by atoms with Crippen molar-refractivity contribution in [2.24, 2.45) is 0 Å². The molecule has 4 heterocycles. The number of amides is 2. The first kappa shape index (κ1) is 17.0. The van der Waals surface area contributed by atoms with Gasteiger partial charge in [0.25, 0.3) is 11.8 Å². The zero-order chi connectivity index (χ0) is 19.3. The summed E-state index contributed by atoms with van der Waals surface area (Å²) in [5, 5.41) is 24.8. The van der Waals surface area contributed by atoms with Crippen LogP contribution in [0.5, 0.6) is 0 Å². The van der Waals surface area contributed by atoms with Gasteiger partial charge in [-0.25, -0.2) is 0 Å². The fraction of sp³-hybridized carbons (Fsp3) is 0. The van der Waals surface area contributed by atoms with Crippen LogP contribution in [0.4, 0.5) is 11.4 Å². The number of carbonyl (C=O) groups is 2. The van der Waals surface area contributed by atoms with Crippen molar-refractivity contribution in [2.45, 2.75) is 0 Å². The quantitative estimate of drug-likeness (QED) is 0.398. The molecule has 0 aromatic carbocycles. The Morgan fingerprint density at radius 1 is 0.750 bits per heavy atom. The van der Waals surface area contributed by atoms with Crippen LogP contribution in [-0.2, 0) is 0 Å². The molecule has 0 aliphatic rings. The molecule has 0 fully saturated rings. The molecular formula is C16H12N10O2. The van der Waals surface area contributed by atoms with Gasteiger partial charge in [0, 0.05) is 23.8 Å². The van der Waals surface area contributed by atoms with Crippen LogP contribution in [0.15, 0.2) is 49.1 Å². The third kappa shape index (κ3) is 3.70. The number of aromatic nitrogens is 8. The molecule has 2 amide bonds. The summed E-state index contributed by atoms with van der Waals surface area (Å²) in [5.74, 6) is -0.819. The van der Waals surface area contributed by atoms with E-state index in [1.807, 2.05) is 0 Å². The molecule has 4 aromatic rings. The van der Waals surface area contributed by atoms with E-state index in [-0.39, 0.29) is 11.4 Å². The van der Waals surface area contributed by atoms with Crippen molar-refractivity contribution in [3.63, 3.8) is 0 Å².